The van der Waals surface area contributed by atoms with E-state index >= 15 is 0 Å². The molecule has 0 aliphatic carbocycles. The first-order valence-corrected chi connectivity index (χ1v) is 9.23. The van der Waals surface area contributed by atoms with Crippen LogP contribution in [0.4, 0.5) is 0 Å². The van der Waals surface area contributed by atoms with Crippen molar-refractivity contribution in [3.05, 3.63) is 103 Å². The summed E-state index contributed by atoms with van der Waals surface area (Å²) in [6.45, 7) is 0.322. The largest absolute Gasteiger partial charge is 0.310 e. The number of amides is 1. The predicted octanol–water partition coefficient (Wildman–Crippen LogP) is 4.08. The summed E-state index contributed by atoms with van der Waals surface area (Å²) >= 11 is 9.33. The van der Waals surface area contributed by atoms with Gasteiger partial charge in [-0.05, 0) is 47.5 Å². The van der Waals surface area contributed by atoms with Gasteiger partial charge in [-0.3, -0.25) is 9.59 Å². The molecule has 0 saturated heterocycles. The number of rotatable bonds is 5. The zero-order valence-corrected chi connectivity index (χ0v) is 16.4. The van der Waals surface area contributed by atoms with Gasteiger partial charge < -0.3 is 4.57 Å². The van der Waals surface area contributed by atoms with E-state index in [4.69, 9.17) is 11.6 Å². The van der Waals surface area contributed by atoms with Crippen LogP contribution in [0.25, 0.3) is 0 Å². The predicted molar refractivity (Wildman–Crippen MR) is 110 cm³/mol. The van der Waals surface area contributed by atoms with Gasteiger partial charge in [0, 0.05) is 15.7 Å². The Balaban J connectivity index is 1.73. The van der Waals surface area contributed by atoms with E-state index in [0.717, 1.165) is 15.6 Å². The van der Waals surface area contributed by atoms with Crippen molar-refractivity contribution in [2.75, 3.05) is 0 Å². The molecule has 1 amide bonds. The van der Waals surface area contributed by atoms with E-state index < -0.39 is 11.5 Å². The van der Waals surface area contributed by atoms with Crippen LogP contribution in [0, 0.1) is 0 Å². The topological polar surface area (TPSA) is 63.5 Å². The number of nitrogens with zero attached hydrogens (tertiary/aromatic N) is 2. The van der Waals surface area contributed by atoms with Crippen molar-refractivity contribution in [2.45, 2.75) is 6.54 Å². The summed E-state index contributed by atoms with van der Waals surface area (Å²) in [5.41, 5.74) is 3.71. The lowest BCUT2D eigenvalue weighted by Gasteiger charge is -2.08. The summed E-state index contributed by atoms with van der Waals surface area (Å²) in [6.07, 6.45) is 3.14. The molecule has 0 bridgehead atoms. The van der Waals surface area contributed by atoms with Gasteiger partial charge in [0.15, 0.2) is 0 Å². The van der Waals surface area contributed by atoms with Crippen molar-refractivity contribution in [1.29, 1.82) is 0 Å². The summed E-state index contributed by atoms with van der Waals surface area (Å²) in [7, 11) is 0. The molecule has 2 aromatic carbocycles. The number of hydrogen-bond acceptors (Lipinski definition) is 3. The lowest BCUT2D eigenvalue weighted by atomic mass is 10.2. The van der Waals surface area contributed by atoms with E-state index in [0.29, 0.717) is 11.6 Å². The Bertz CT molecular complexity index is 1050. The summed E-state index contributed by atoms with van der Waals surface area (Å²) in [5.74, 6) is -0.561. The number of carbonyl (C=O) groups is 1. The highest BCUT2D eigenvalue weighted by atomic mass is 79.9. The molecule has 3 rings (SSSR count). The summed E-state index contributed by atoms with van der Waals surface area (Å²) in [4.78, 5) is 24.9. The Hall–Kier alpha value is -2.70. The Morgan fingerprint density at radius 1 is 1.15 bits per heavy atom. The standard InChI is InChI=1S/C20H15BrClN3O2/c21-16-8-6-14(7-9-16)12-23-24-19(26)18-5-2-10-25(20(18)27)13-15-3-1-4-17(22)11-15/h1-12H,13H2,(H,24,26)/b23-12-. The van der Waals surface area contributed by atoms with Crippen LogP contribution < -0.4 is 11.0 Å². The average Bonchev–Trinajstić information content (AvgIpc) is 2.65. The van der Waals surface area contributed by atoms with Gasteiger partial charge in [-0.2, -0.15) is 5.10 Å². The molecule has 0 radical (unpaired) electrons. The van der Waals surface area contributed by atoms with Crippen LogP contribution in [-0.4, -0.2) is 16.7 Å². The van der Waals surface area contributed by atoms with Crippen LogP contribution in [-0.2, 0) is 6.54 Å². The third kappa shape index (κ3) is 5.15. The SMILES string of the molecule is O=C(N/N=C\c1ccc(Br)cc1)c1cccn(Cc2cccc(Cl)c2)c1=O. The summed E-state index contributed by atoms with van der Waals surface area (Å²) in [6, 6.07) is 17.8. The minimum atomic E-state index is -0.561. The Labute approximate surface area is 169 Å². The minimum Gasteiger partial charge on any atom is -0.310 e. The molecular formula is C20H15BrClN3O2. The third-order valence-electron chi connectivity index (χ3n) is 3.76. The molecule has 0 aliphatic rings. The molecule has 1 N–H and O–H groups in total. The van der Waals surface area contributed by atoms with E-state index in [2.05, 4.69) is 26.5 Å². The van der Waals surface area contributed by atoms with Crippen molar-refractivity contribution in [1.82, 2.24) is 9.99 Å². The van der Waals surface area contributed by atoms with Crippen molar-refractivity contribution >= 4 is 39.7 Å². The first kappa shape index (κ1) is 19.1. The second-order valence-electron chi connectivity index (χ2n) is 5.74. The number of hydrogen-bond donors (Lipinski definition) is 1. The van der Waals surface area contributed by atoms with E-state index in [1.165, 1.54) is 16.8 Å². The van der Waals surface area contributed by atoms with Crippen LogP contribution in [0.5, 0.6) is 0 Å². The molecule has 0 aliphatic heterocycles. The minimum absolute atomic E-state index is 0.0208. The van der Waals surface area contributed by atoms with Crippen molar-refractivity contribution in [3.63, 3.8) is 0 Å². The van der Waals surface area contributed by atoms with Crippen LogP contribution in [0.2, 0.25) is 5.02 Å². The average molecular weight is 445 g/mol. The fourth-order valence-electron chi connectivity index (χ4n) is 2.44. The molecule has 0 spiro atoms. The highest BCUT2D eigenvalue weighted by Gasteiger charge is 2.11. The molecule has 136 valence electrons. The van der Waals surface area contributed by atoms with Gasteiger partial charge in [0.1, 0.15) is 5.56 Å². The van der Waals surface area contributed by atoms with Crippen LogP contribution >= 0.6 is 27.5 Å². The first-order chi connectivity index (χ1) is 13.0. The number of aromatic nitrogens is 1. The fraction of sp³-hybridized carbons (Fsp3) is 0.0500. The molecule has 1 heterocycles. The molecule has 5 nitrogen and oxygen atoms in total. The lowest BCUT2D eigenvalue weighted by Crippen LogP contribution is -2.30. The smallest absolute Gasteiger partial charge is 0.276 e. The van der Waals surface area contributed by atoms with Crippen molar-refractivity contribution < 1.29 is 4.79 Å². The van der Waals surface area contributed by atoms with E-state index in [9.17, 15) is 9.59 Å². The van der Waals surface area contributed by atoms with E-state index in [1.807, 2.05) is 36.4 Å². The third-order valence-corrected chi connectivity index (χ3v) is 4.52. The maximum atomic E-state index is 12.6. The molecule has 3 aromatic rings. The number of benzene rings is 2. The van der Waals surface area contributed by atoms with Crippen LogP contribution in [0.1, 0.15) is 21.5 Å². The van der Waals surface area contributed by atoms with E-state index in [1.54, 1.807) is 24.4 Å². The quantitative estimate of drug-likeness (QED) is 0.476. The molecule has 0 fully saturated rings. The Kier molecular flexibility index (Phi) is 6.21. The number of carbonyl (C=O) groups excluding carboxylic acids is 1. The molecular weight excluding hydrogens is 430 g/mol. The maximum absolute atomic E-state index is 12.6. The van der Waals surface area contributed by atoms with Crippen molar-refractivity contribution in [3.8, 4) is 0 Å². The van der Waals surface area contributed by atoms with Gasteiger partial charge in [0.05, 0.1) is 12.8 Å². The number of halogens is 2. The number of nitrogens with one attached hydrogen (secondary N) is 1. The van der Waals surface area contributed by atoms with Gasteiger partial charge in [0.25, 0.3) is 11.5 Å². The van der Waals surface area contributed by atoms with Crippen LogP contribution in [0.15, 0.2) is 81.2 Å². The normalized spacial score (nSPS) is 10.9. The van der Waals surface area contributed by atoms with Gasteiger partial charge >= 0.3 is 0 Å². The monoisotopic (exact) mass is 443 g/mol. The fourth-order valence-corrected chi connectivity index (χ4v) is 2.92. The molecule has 1 aromatic heterocycles. The van der Waals surface area contributed by atoms with Crippen LogP contribution in [0.3, 0.4) is 0 Å². The Morgan fingerprint density at radius 3 is 2.67 bits per heavy atom. The zero-order valence-electron chi connectivity index (χ0n) is 14.1. The van der Waals surface area contributed by atoms with Gasteiger partial charge in [-0.15, -0.1) is 0 Å². The summed E-state index contributed by atoms with van der Waals surface area (Å²) < 4.78 is 2.41. The van der Waals surface area contributed by atoms with Crippen molar-refractivity contribution in [2.24, 2.45) is 5.10 Å². The zero-order chi connectivity index (χ0) is 19.2. The highest BCUT2D eigenvalue weighted by molar-refractivity contribution is 9.10. The second-order valence-corrected chi connectivity index (χ2v) is 7.09. The number of pyridine rings is 1. The molecule has 27 heavy (non-hydrogen) atoms. The van der Waals surface area contributed by atoms with Gasteiger partial charge in [-0.25, -0.2) is 5.43 Å². The molecule has 0 atom stereocenters. The van der Waals surface area contributed by atoms with Gasteiger partial charge in [-0.1, -0.05) is 51.8 Å². The Morgan fingerprint density at radius 2 is 1.93 bits per heavy atom. The molecule has 0 saturated carbocycles. The maximum Gasteiger partial charge on any atom is 0.276 e. The lowest BCUT2D eigenvalue weighted by molar-refractivity contribution is 0.0953. The second kappa shape index (κ2) is 8.79. The molecule has 7 heteroatoms. The summed E-state index contributed by atoms with van der Waals surface area (Å²) in [5, 5.41) is 4.50. The van der Waals surface area contributed by atoms with Gasteiger partial charge in [0.2, 0.25) is 0 Å². The highest BCUT2D eigenvalue weighted by Crippen LogP contribution is 2.11. The number of hydrazone groups is 1. The first-order valence-electron chi connectivity index (χ1n) is 8.06. The van der Waals surface area contributed by atoms with E-state index in [-0.39, 0.29) is 5.56 Å². The molecule has 0 unspecified atom stereocenters.